The first kappa shape index (κ1) is 16.8. The SMILES string of the molecule is Cn1cc(N2CCC[C@H](N3CCN(C(=O)c4ccco4)CC3)C2=O)cn1. The number of amides is 2. The molecule has 0 aromatic carbocycles. The summed E-state index contributed by atoms with van der Waals surface area (Å²) in [5, 5.41) is 4.17. The molecule has 0 unspecified atom stereocenters. The number of aromatic nitrogens is 2. The van der Waals surface area contributed by atoms with Crippen LogP contribution in [0.15, 0.2) is 35.2 Å². The number of carbonyl (C=O) groups is 2. The third-order valence-electron chi connectivity index (χ3n) is 5.19. The summed E-state index contributed by atoms with van der Waals surface area (Å²) in [6.45, 7) is 3.35. The van der Waals surface area contributed by atoms with Crippen LogP contribution < -0.4 is 4.90 Å². The fourth-order valence-corrected chi connectivity index (χ4v) is 3.79. The molecule has 2 aromatic heterocycles. The molecule has 2 aliphatic heterocycles. The predicted molar refractivity (Wildman–Crippen MR) is 94.8 cm³/mol. The van der Waals surface area contributed by atoms with Gasteiger partial charge in [-0.2, -0.15) is 5.10 Å². The first-order valence-corrected chi connectivity index (χ1v) is 9.00. The minimum atomic E-state index is -0.121. The molecule has 0 N–H and O–H groups in total. The highest BCUT2D eigenvalue weighted by molar-refractivity contribution is 5.97. The third-order valence-corrected chi connectivity index (χ3v) is 5.19. The van der Waals surface area contributed by atoms with Crippen LogP contribution in [0.3, 0.4) is 0 Å². The predicted octanol–water partition coefficient (Wildman–Crippen LogP) is 0.966. The average Bonchev–Trinajstić information content (AvgIpc) is 3.33. The van der Waals surface area contributed by atoms with Crippen molar-refractivity contribution in [1.29, 1.82) is 0 Å². The molecular weight excluding hydrogens is 334 g/mol. The van der Waals surface area contributed by atoms with E-state index < -0.39 is 0 Å². The Morgan fingerprint density at radius 2 is 2.04 bits per heavy atom. The van der Waals surface area contributed by atoms with Crippen molar-refractivity contribution in [3.63, 3.8) is 0 Å². The van der Waals surface area contributed by atoms with Gasteiger partial charge in [-0.1, -0.05) is 0 Å². The summed E-state index contributed by atoms with van der Waals surface area (Å²) in [6.07, 6.45) is 6.95. The van der Waals surface area contributed by atoms with Crippen LogP contribution in [0.2, 0.25) is 0 Å². The second-order valence-corrected chi connectivity index (χ2v) is 6.83. The van der Waals surface area contributed by atoms with E-state index in [0.717, 1.165) is 25.1 Å². The second-order valence-electron chi connectivity index (χ2n) is 6.83. The highest BCUT2D eigenvalue weighted by Gasteiger charge is 2.36. The first-order valence-electron chi connectivity index (χ1n) is 9.00. The largest absolute Gasteiger partial charge is 0.459 e. The minimum absolute atomic E-state index is 0.0818. The molecule has 26 heavy (non-hydrogen) atoms. The van der Waals surface area contributed by atoms with Crippen LogP contribution in [0.5, 0.6) is 0 Å². The molecule has 0 radical (unpaired) electrons. The number of anilines is 1. The number of aryl methyl sites for hydroxylation is 1. The Bertz CT molecular complexity index is 777. The van der Waals surface area contributed by atoms with Crippen molar-refractivity contribution in [2.45, 2.75) is 18.9 Å². The molecule has 2 amide bonds. The maximum absolute atomic E-state index is 13.0. The van der Waals surface area contributed by atoms with Crippen LogP contribution in [0.4, 0.5) is 5.69 Å². The number of hydrogen-bond acceptors (Lipinski definition) is 5. The van der Waals surface area contributed by atoms with Crippen molar-refractivity contribution in [3.8, 4) is 0 Å². The molecule has 2 aliphatic rings. The molecule has 0 saturated carbocycles. The lowest BCUT2D eigenvalue weighted by molar-refractivity contribution is -0.126. The van der Waals surface area contributed by atoms with E-state index in [1.54, 1.807) is 27.9 Å². The van der Waals surface area contributed by atoms with E-state index >= 15 is 0 Å². The van der Waals surface area contributed by atoms with E-state index in [9.17, 15) is 9.59 Å². The van der Waals surface area contributed by atoms with Crippen molar-refractivity contribution >= 4 is 17.5 Å². The average molecular weight is 357 g/mol. The fourth-order valence-electron chi connectivity index (χ4n) is 3.79. The number of piperidine rings is 1. The molecule has 2 saturated heterocycles. The van der Waals surface area contributed by atoms with Crippen molar-refractivity contribution < 1.29 is 14.0 Å². The smallest absolute Gasteiger partial charge is 0.289 e. The van der Waals surface area contributed by atoms with Crippen molar-refractivity contribution in [2.24, 2.45) is 7.05 Å². The number of nitrogens with zero attached hydrogens (tertiary/aromatic N) is 5. The van der Waals surface area contributed by atoms with Crippen LogP contribution in [0, 0.1) is 0 Å². The van der Waals surface area contributed by atoms with E-state index in [4.69, 9.17) is 4.42 Å². The Kier molecular flexibility index (Phi) is 4.50. The van der Waals surface area contributed by atoms with E-state index in [1.165, 1.54) is 6.26 Å². The van der Waals surface area contributed by atoms with Gasteiger partial charge in [0.2, 0.25) is 5.91 Å². The lowest BCUT2D eigenvalue weighted by Crippen LogP contribution is -2.58. The van der Waals surface area contributed by atoms with Crippen LogP contribution in [-0.4, -0.2) is 70.2 Å². The zero-order valence-electron chi connectivity index (χ0n) is 14.9. The van der Waals surface area contributed by atoms with Gasteiger partial charge < -0.3 is 14.2 Å². The van der Waals surface area contributed by atoms with Gasteiger partial charge in [0, 0.05) is 46.0 Å². The Hall–Kier alpha value is -2.61. The summed E-state index contributed by atoms with van der Waals surface area (Å²) in [4.78, 5) is 31.2. The molecule has 8 heteroatoms. The first-order chi connectivity index (χ1) is 12.6. The van der Waals surface area contributed by atoms with E-state index in [0.29, 0.717) is 31.9 Å². The van der Waals surface area contributed by atoms with Crippen molar-refractivity contribution in [1.82, 2.24) is 19.6 Å². The summed E-state index contributed by atoms with van der Waals surface area (Å²) < 4.78 is 6.91. The van der Waals surface area contributed by atoms with E-state index in [1.807, 2.05) is 18.1 Å². The summed E-state index contributed by atoms with van der Waals surface area (Å²) in [5.41, 5.74) is 0.855. The quantitative estimate of drug-likeness (QED) is 0.818. The highest BCUT2D eigenvalue weighted by Crippen LogP contribution is 2.24. The van der Waals surface area contributed by atoms with Gasteiger partial charge in [0.1, 0.15) is 0 Å². The molecule has 2 fully saturated rings. The molecule has 138 valence electrons. The molecule has 2 aromatic rings. The van der Waals surface area contributed by atoms with Gasteiger partial charge >= 0.3 is 0 Å². The lowest BCUT2D eigenvalue weighted by atomic mass is 10.0. The normalized spacial score (nSPS) is 22.0. The topological polar surface area (TPSA) is 74.8 Å². The van der Waals surface area contributed by atoms with Crippen LogP contribution in [0.25, 0.3) is 0 Å². The Balaban J connectivity index is 1.39. The fraction of sp³-hybridized carbons (Fsp3) is 0.500. The maximum Gasteiger partial charge on any atom is 0.289 e. The molecule has 0 bridgehead atoms. The Labute approximate surface area is 151 Å². The monoisotopic (exact) mass is 357 g/mol. The van der Waals surface area contributed by atoms with Crippen LogP contribution >= 0.6 is 0 Å². The number of piperazine rings is 1. The van der Waals surface area contributed by atoms with Crippen LogP contribution in [-0.2, 0) is 11.8 Å². The summed E-state index contributed by atoms with van der Waals surface area (Å²) in [6, 6.07) is 3.28. The minimum Gasteiger partial charge on any atom is -0.459 e. The van der Waals surface area contributed by atoms with Crippen LogP contribution in [0.1, 0.15) is 23.4 Å². The standard InChI is InChI=1S/C18H23N5O3/c1-20-13-14(12-19-20)23-6-2-4-15(17(23)24)21-7-9-22(10-8-21)18(25)16-5-3-11-26-16/h3,5,11-13,15H,2,4,6-10H2,1H3/t15-/m0/s1. The summed E-state index contributed by atoms with van der Waals surface area (Å²) in [5.74, 6) is 0.423. The molecule has 4 rings (SSSR count). The zero-order valence-corrected chi connectivity index (χ0v) is 14.9. The third kappa shape index (κ3) is 3.12. The lowest BCUT2D eigenvalue weighted by Gasteiger charge is -2.42. The van der Waals surface area contributed by atoms with Gasteiger partial charge in [0.25, 0.3) is 5.91 Å². The number of rotatable bonds is 3. The molecule has 4 heterocycles. The van der Waals surface area contributed by atoms with E-state index in [-0.39, 0.29) is 17.9 Å². The number of hydrogen-bond donors (Lipinski definition) is 0. The van der Waals surface area contributed by atoms with Gasteiger partial charge in [0.15, 0.2) is 5.76 Å². The zero-order chi connectivity index (χ0) is 18.1. The van der Waals surface area contributed by atoms with Crippen molar-refractivity contribution in [3.05, 3.63) is 36.5 Å². The second kappa shape index (κ2) is 6.95. The maximum atomic E-state index is 13.0. The summed E-state index contributed by atoms with van der Waals surface area (Å²) >= 11 is 0. The van der Waals surface area contributed by atoms with Gasteiger partial charge in [0.05, 0.1) is 24.2 Å². The Morgan fingerprint density at radius 1 is 1.23 bits per heavy atom. The molecule has 0 spiro atoms. The Morgan fingerprint density at radius 3 is 2.69 bits per heavy atom. The molecule has 8 nitrogen and oxygen atoms in total. The molecular formula is C18H23N5O3. The van der Waals surface area contributed by atoms with E-state index in [2.05, 4.69) is 10.00 Å². The van der Waals surface area contributed by atoms with Gasteiger partial charge in [-0.05, 0) is 25.0 Å². The van der Waals surface area contributed by atoms with Gasteiger partial charge in [-0.3, -0.25) is 19.2 Å². The van der Waals surface area contributed by atoms with Gasteiger partial charge in [-0.25, -0.2) is 0 Å². The van der Waals surface area contributed by atoms with Gasteiger partial charge in [-0.15, -0.1) is 0 Å². The number of furan rings is 1. The molecule has 1 atom stereocenters. The highest BCUT2D eigenvalue weighted by atomic mass is 16.3. The number of carbonyl (C=O) groups excluding carboxylic acids is 2. The van der Waals surface area contributed by atoms with Crippen molar-refractivity contribution in [2.75, 3.05) is 37.6 Å². The molecule has 0 aliphatic carbocycles. The summed E-state index contributed by atoms with van der Waals surface area (Å²) in [7, 11) is 1.85.